The Kier molecular flexibility index (Phi) is 4.10. The number of sulfonamides is 1. The number of aryl methyl sites for hydroxylation is 1. The molecule has 0 aromatic heterocycles. The largest absolute Gasteiger partial charge is 0.279 e. The topological polar surface area (TPSA) is 46.2 Å². The van der Waals surface area contributed by atoms with Crippen LogP contribution in [0.25, 0.3) is 0 Å². The molecule has 0 unspecified atom stereocenters. The van der Waals surface area contributed by atoms with Crippen LogP contribution in [0, 0.1) is 18.6 Å². The highest BCUT2D eigenvalue weighted by Crippen LogP contribution is 2.23. The molecule has 0 aliphatic carbocycles. The Balaban J connectivity index is 2.38. The first-order valence-electron chi connectivity index (χ1n) is 5.53. The molecule has 1 N–H and O–H groups in total. The molecule has 2 aromatic carbocycles. The lowest BCUT2D eigenvalue weighted by Gasteiger charge is -2.11. The molecule has 0 heterocycles. The van der Waals surface area contributed by atoms with E-state index in [-0.39, 0.29) is 15.1 Å². The van der Waals surface area contributed by atoms with E-state index in [0.717, 1.165) is 12.1 Å². The van der Waals surface area contributed by atoms with Crippen molar-refractivity contribution in [1.82, 2.24) is 0 Å². The average molecular weight is 362 g/mol. The van der Waals surface area contributed by atoms with Gasteiger partial charge in [-0.1, -0.05) is 0 Å². The summed E-state index contributed by atoms with van der Waals surface area (Å²) in [4.78, 5) is -0.207. The predicted molar refractivity (Wildman–Crippen MR) is 76.0 cm³/mol. The summed E-state index contributed by atoms with van der Waals surface area (Å²) in [6.45, 7) is 1.57. The first kappa shape index (κ1) is 14.9. The van der Waals surface area contributed by atoms with Crippen LogP contribution in [0.4, 0.5) is 14.5 Å². The van der Waals surface area contributed by atoms with Crippen LogP contribution in [0.5, 0.6) is 0 Å². The van der Waals surface area contributed by atoms with Gasteiger partial charge in [-0.05, 0) is 64.8 Å². The van der Waals surface area contributed by atoms with Crippen LogP contribution >= 0.6 is 15.9 Å². The fourth-order valence-corrected chi connectivity index (χ4v) is 2.98. The minimum atomic E-state index is -3.92. The van der Waals surface area contributed by atoms with E-state index in [4.69, 9.17) is 0 Å². The fraction of sp³-hybridized carbons (Fsp3) is 0.0769. The second-order valence-corrected chi connectivity index (χ2v) is 6.68. The summed E-state index contributed by atoms with van der Waals surface area (Å²) in [6.07, 6.45) is 0. The van der Waals surface area contributed by atoms with Gasteiger partial charge in [-0.25, -0.2) is 17.2 Å². The molecular weight excluding hydrogens is 352 g/mol. The van der Waals surface area contributed by atoms with E-state index in [1.807, 2.05) is 0 Å². The number of benzene rings is 2. The van der Waals surface area contributed by atoms with Crippen molar-refractivity contribution in [1.29, 1.82) is 0 Å². The maximum absolute atomic E-state index is 13.4. The van der Waals surface area contributed by atoms with Gasteiger partial charge in [0.15, 0.2) is 0 Å². The predicted octanol–water partition coefficient (Wildman–Crippen LogP) is 3.84. The molecule has 20 heavy (non-hydrogen) atoms. The third-order valence-electron chi connectivity index (χ3n) is 2.63. The normalized spacial score (nSPS) is 11.4. The van der Waals surface area contributed by atoms with Crippen molar-refractivity contribution in [3.05, 3.63) is 58.1 Å². The Bertz CT molecular complexity index is 763. The monoisotopic (exact) mass is 361 g/mol. The van der Waals surface area contributed by atoms with Gasteiger partial charge in [-0.2, -0.15) is 0 Å². The SMILES string of the molecule is Cc1cc(F)ccc1NS(=O)(=O)c1ccc(Br)c(F)c1. The zero-order valence-corrected chi connectivity index (χ0v) is 12.7. The Morgan fingerprint density at radius 2 is 1.80 bits per heavy atom. The van der Waals surface area contributed by atoms with Crippen molar-refractivity contribution < 1.29 is 17.2 Å². The van der Waals surface area contributed by atoms with Crippen LogP contribution in [0.15, 0.2) is 45.8 Å². The van der Waals surface area contributed by atoms with Crippen molar-refractivity contribution in [3.63, 3.8) is 0 Å². The third-order valence-corrected chi connectivity index (χ3v) is 4.64. The van der Waals surface area contributed by atoms with Gasteiger partial charge in [-0.15, -0.1) is 0 Å². The van der Waals surface area contributed by atoms with Crippen LogP contribution in [0.1, 0.15) is 5.56 Å². The molecule has 106 valence electrons. The highest BCUT2D eigenvalue weighted by Gasteiger charge is 2.17. The Hall–Kier alpha value is -1.47. The highest BCUT2D eigenvalue weighted by molar-refractivity contribution is 9.10. The number of hydrogen-bond acceptors (Lipinski definition) is 2. The number of anilines is 1. The number of rotatable bonds is 3. The van der Waals surface area contributed by atoms with Crippen molar-refractivity contribution in [2.24, 2.45) is 0 Å². The maximum atomic E-state index is 13.4. The van der Waals surface area contributed by atoms with E-state index in [0.29, 0.717) is 5.56 Å². The van der Waals surface area contributed by atoms with E-state index in [9.17, 15) is 17.2 Å². The van der Waals surface area contributed by atoms with E-state index >= 15 is 0 Å². The van der Waals surface area contributed by atoms with Crippen molar-refractivity contribution >= 4 is 31.6 Å². The summed E-state index contributed by atoms with van der Waals surface area (Å²) in [5.74, 6) is -1.14. The quantitative estimate of drug-likeness (QED) is 0.902. The third kappa shape index (κ3) is 3.16. The van der Waals surface area contributed by atoms with Gasteiger partial charge >= 0.3 is 0 Å². The molecule has 0 atom stereocenters. The second kappa shape index (κ2) is 5.49. The molecule has 0 radical (unpaired) electrons. The Labute approximate surface area is 123 Å². The maximum Gasteiger partial charge on any atom is 0.262 e. The molecule has 0 amide bonds. The summed E-state index contributed by atoms with van der Waals surface area (Å²) >= 11 is 2.95. The van der Waals surface area contributed by atoms with Crippen molar-refractivity contribution in [2.75, 3.05) is 4.72 Å². The van der Waals surface area contributed by atoms with Crippen LogP contribution in [0.3, 0.4) is 0 Å². The first-order valence-corrected chi connectivity index (χ1v) is 7.81. The lowest BCUT2D eigenvalue weighted by atomic mass is 10.2. The van der Waals surface area contributed by atoms with Crippen molar-refractivity contribution in [2.45, 2.75) is 11.8 Å². The number of hydrogen-bond donors (Lipinski definition) is 1. The van der Waals surface area contributed by atoms with Gasteiger partial charge in [0.05, 0.1) is 15.1 Å². The molecule has 0 bridgehead atoms. The van der Waals surface area contributed by atoms with Gasteiger partial charge in [0.25, 0.3) is 10.0 Å². The minimum absolute atomic E-state index is 0.175. The van der Waals surface area contributed by atoms with E-state index in [1.165, 1.54) is 24.3 Å². The fourth-order valence-electron chi connectivity index (χ4n) is 1.59. The molecule has 0 spiro atoms. The average Bonchev–Trinajstić information content (AvgIpc) is 2.36. The van der Waals surface area contributed by atoms with Crippen LogP contribution in [-0.2, 0) is 10.0 Å². The van der Waals surface area contributed by atoms with Crippen LogP contribution < -0.4 is 4.72 Å². The Morgan fingerprint density at radius 1 is 1.10 bits per heavy atom. The highest BCUT2D eigenvalue weighted by atomic mass is 79.9. The molecule has 0 aliphatic rings. The molecule has 0 aliphatic heterocycles. The molecule has 2 aromatic rings. The summed E-state index contributed by atoms with van der Waals surface area (Å²) in [7, 11) is -3.92. The standard InChI is InChI=1S/C13H10BrF2NO2S/c1-8-6-9(15)2-5-13(8)17-20(18,19)10-3-4-11(14)12(16)7-10/h2-7,17H,1H3. The van der Waals surface area contributed by atoms with Gasteiger partial charge in [-0.3, -0.25) is 4.72 Å². The van der Waals surface area contributed by atoms with Crippen LogP contribution in [0.2, 0.25) is 0 Å². The molecule has 7 heteroatoms. The van der Waals surface area contributed by atoms with E-state index in [2.05, 4.69) is 20.7 Å². The lowest BCUT2D eigenvalue weighted by molar-refractivity contribution is 0.593. The first-order chi connectivity index (χ1) is 9.29. The smallest absolute Gasteiger partial charge is 0.262 e. The van der Waals surface area contributed by atoms with Gasteiger partial charge in [0, 0.05) is 0 Å². The summed E-state index contributed by atoms with van der Waals surface area (Å²) in [5, 5.41) is 0. The number of nitrogens with one attached hydrogen (secondary N) is 1. The Morgan fingerprint density at radius 3 is 2.40 bits per heavy atom. The van der Waals surface area contributed by atoms with Crippen LogP contribution in [-0.4, -0.2) is 8.42 Å². The molecule has 0 saturated heterocycles. The molecule has 2 rings (SSSR count). The van der Waals surface area contributed by atoms with Crippen molar-refractivity contribution in [3.8, 4) is 0 Å². The molecule has 3 nitrogen and oxygen atoms in total. The van der Waals surface area contributed by atoms with Gasteiger partial charge in [0.1, 0.15) is 11.6 Å². The summed E-state index contributed by atoms with van der Waals surface area (Å²) < 4.78 is 53.1. The zero-order chi connectivity index (χ0) is 14.9. The van der Waals surface area contributed by atoms with Gasteiger partial charge in [0.2, 0.25) is 0 Å². The minimum Gasteiger partial charge on any atom is -0.279 e. The lowest BCUT2D eigenvalue weighted by Crippen LogP contribution is -2.14. The molecule has 0 fully saturated rings. The summed E-state index contributed by atoms with van der Waals surface area (Å²) in [6, 6.07) is 7.16. The molecule has 0 saturated carbocycles. The van der Waals surface area contributed by atoms with Gasteiger partial charge < -0.3 is 0 Å². The molecular formula is C13H10BrF2NO2S. The zero-order valence-electron chi connectivity index (χ0n) is 10.3. The second-order valence-electron chi connectivity index (χ2n) is 4.14. The summed E-state index contributed by atoms with van der Waals surface area (Å²) in [5.41, 5.74) is 0.681. The van der Waals surface area contributed by atoms with E-state index < -0.39 is 21.7 Å². The van der Waals surface area contributed by atoms with E-state index in [1.54, 1.807) is 6.92 Å². The number of halogens is 3.